The highest BCUT2D eigenvalue weighted by Gasteiger charge is 2.20. The van der Waals surface area contributed by atoms with Crippen LogP contribution < -0.4 is 0 Å². The first-order chi connectivity index (χ1) is 5.04. The van der Waals surface area contributed by atoms with Crippen molar-refractivity contribution in [1.29, 1.82) is 0 Å². The molecule has 0 aliphatic carbocycles. The summed E-state index contributed by atoms with van der Waals surface area (Å²) in [4.78, 5) is 13.5. The molecule has 0 aliphatic heterocycles. The molecule has 1 aromatic rings. The molecule has 0 aromatic carbocycles. The first-order valence-corrected chi connectivity index (χ1v) is 3.25. The zero-order valence-electron chi connectivity index (χ0n) is 6.04. The topological polar surface area (TPSA) is 61.0 Å². The van der Waals surface area contributed by atoms with Crippen molar-refractivity contribution in [3.63, 3.8) is 0 Å². The van der Waals surface area contributed by atoms with E-state index in [0.29, 0.717) is 5.82 Å². The Hall–Kier alpha value is -1.10. The molecule has 0 fully saturated rings. The van der Waals surface area contributed by atoms with Crippen molar-refractivity contribution < 1.29 is 4.92 Å². The van der Waals surface area contributed by atoms with E-state index in [1.54, 1.807) is 14.0 Å². The number of imidazole rings is 1. The molecule has 0 radical (unpaired) electrons. The van der Waals surface area contributed by atoms with Gasteiger partial charge in [-0.2, -0.15) is 4.98 Å². The van der Waals surface area contributed by atoms with E-state index < -0.39 is 4.92 Å². The fraction of sp³-hybridized carbons (Fsp3) is 0.400. The van der Waals surface area contributed by atoms with Crippen molar-refractivity contribution in [2.24, 2.45) is 7.05 Å². The first-order valence-electron chi connectivity index (χ1n) is 2.87. The SMILES string of the molecule is Cc1nc(Cl)c([N+](=O)[O-])n1C. The monoisotopic (exact) mass is 175 g/mol. The van der Waals surface area contributed by atoms with Crippen molar-refractivity contribution in [3.8, 4) is 0 Å². The Labute approximate surface area is 67.8 Å². The molecular formula is C5H6ClN3O2. The molecule has 11 heavy (non-hydrogen) atoms. The molecule has 0 N–H and O–H groups in total. The maximum Gasteiger partial charge on any atom is 0.361 e. The van der Waals surface area contributed by atoms with Crippen LogP contribution in [0.25, 0.3) is 0 Å². The quantitative estimate of drug-likeness (QED) is 0.477. The van der Waals surface area contributed by atoms with E-state index >= 15 is 0 Å². The van der Waals surface area contributed by atoms with Gasteiger partial charge >= 0.3 is 5.82 Å². The Morgan fingerprint density at radius 1 is 1.73 bits per heavy atom. The second-order valence-electron chi connectivity index (χ2n) is 2.09. The number of aromatic nitrogens is 2. The van der Waals surface area contributed by atoms with Crippen LogP contribution in [-0.4, -0.2) is 14.5 Å². The molecule has 0 aliphatic rings. The van der Waals surface area contributed by atoms with Crippen molar-refractivity contribution in [1.82, 2.24) is 9.55 Å². The number of hydrogen-bond donors (Lipinski definition) is 0. The molecule has 1 rings (SSSR count). The van der Waals surface area contributed by atoms with E-state index in [4.69, 9.17) is 11.6 Å². The number of rotatable bonds is 1. The molecule has 0 unspecified atom stereocenters. The van der Waals surface area contributed by atoms with Crippen LogP contribution in [-0.2, 0) is 7.05 Å². The lowest BCUT2D eigenvalue weighted by molar-refractivity contribution is -0.391. The van der Waals surface area contributed by atoms with E-state index in [1.165, 1.54) is 4.57 Å². The lowest BCUT2D eigenvalue weighted by atomic mass is 10.7. The Kier molecular flexibility index (Phi) is 1.82. The van der Waals surface area contributed by atoms with Crippen molar-refractivity contribution in [3.05, 3.63) is 21.1 Å². The zero-order chi connectivity index (χ0) is 8.59. The summed E-state index contributed by atoms with van der Waals surface area (Å²) in [6, 6.07) is 0. The van der Waals surface area contributed by atoms with Crippen molar-refractivity contribution in [2.45, 2.75) is 6.92 Å². The van der Waals surface area contributed by atoms with Gasteiger partial charge in [0.2, 0.25) is 5.15 Å². The summed E-state index contributed by atoms with van der Waals surface area (Å²) in [6.07, 6.45) is 0. The molecule has 0 saturated carbocycles. The summed E-state index contributed by atoms with van der Waals surface area (Å²) in [6.45, 7) is 1.65. The zero-order valence-corrected chi connectivity index (χ0v) is 6.79. The number of nitro groups is 1. The summed E-state index contributed by atoms with van der Waals surface area (Å²) < 4.78 is 1.34. The smallest absolute Gasteiger partial charge is 0.358 e. The van der Waals surface area contributed by atoms with Crippen LogP contribution in [0.4, 0.5) is 5.82 Å². The fourth-order valence-corrected chi connectivity index (χ4v) is 1.07. The van der Waals surface area contributed by atoms with Gasteiger partial charge in [0.05, 0.1) is 7.05 Å². The summed E-state index contributed by atoms with van der Waals surface area (Å²) in [5.74, 6) is 0.367. The molecule has 1 heterocycles. The Balaban J connectivity index is 3.34. The minimum atomic E-state index is -0.553. The average Bonchev–Trinajstić information content (AvgIpc) is 2.07. The summed E-state index contributed by atoms with van der Waals surface area (Å²) in [5.41, 5.74) is 0. The van der Waals surface area contributed by atoms with Crippen LogP contribution in [0.3, 0.4) is 0 Å². The third-order valence-corrected chi connectivity index (χ3v) is 1.67. The lowest BCUT2D eigenvalue weighted by Crippen LogP contribution is -1.98. The normalized spacial score (nSPS) is 10.1. The minimum Gasteiger partial charge on any atom is -0.358 e. The van der Waals surface area contributed by atoms with Crippen LogP contribution in [0.5, 0.6) is 0 Å². The Morgan fingerprint density at radius 2 is 2.27 bits per heavy atom. The first kappa shape index (κ1) is 8.00. The molecule has 6 heteroatoms. The van der Waals surface area contributed by atoms with Crippen molar-refractivity contribution >= 4 is 17.4 Å². The van der Waals surface area contributed by atoms with E-state index in [1.807, 2.05) is 0 Å². The highest BCUT2D eigenvalue weighted by Crippen LogP contribution is 2.22. The molecule has 0 atom stereocenters. The number of hydrogen-bond acceptors (Lipinski definition) is 3. The van der Waals surface area contributed by atoms with E-state index in [9.17, 15) is 10.1 Å². The number of nitrogens with zero attached hydrogens (tertiary/aromatic N) is 3. The standard InChI is InChI=1S/C5H6ClN3O2/c1-3-7-4(6)5(8(3)2)9(10)11/h1-2H3. The van der Waals surface area contributed by atoms with E-state index in [0.717, 1.165) is 0 Å². The second kappa shape index (κ2) is 2.50. The van der Waals surface area contributed by atoms with Gasteiger partial charge in [-0.15, -0.1) is 0 Å². The van der Waals surface area contributed by atoms with Crippen LogP contribution >= 0.6 is 11.6 Å². The molecule has 0 bridgehead atoms. The van der Waals surface area contributed by atoms with Gasteiger partial charge in [-0.3, -0.25) is 0 Å². The molecule has 1 aromatic heterocycles. The second-order valence-corrected chi connectivity index (χ2v) is 2.45. The van der Waals surface area contributed by atoms with Gasteiger partial charge in [0, 0.05) is 6.92 Å². The van der Waals surface area contributed by atoms with Gasteiger partial charge in [-0.1, -0.05) is 11.6 Å². The highest BCUT2D eigenvalue weighted by atomic mass is 35.5. The van der Waals surface area contributed by atoms with Crippen LogP contribution in [0, 0.1) is 17.0 Å². The average molecular weight is 176 g/mol. The van der Waals surface area contributed by atoms with Crippen molar-refractivity contribution in [2.75, 3.05) is 0 Å². The minimum absolute atomic E-state index is 0.0602. The van der Waals surface area contributed by atoms with Gasteiger partial charge in [0.25, 0.3) is 0 Å². The summed E-state index contributed by atoms with van der Waals surface area (Å²) >= 11 is 5.47. The van der Waals surface area contributed by atoms with Crippen LogP contribution in [0.2, 0.25) is 5.15 Å². The summed E-state index contributed by atoms with van der Waals surface area (Å²) in [7, 11) is 1.55. The van der Waals surface area contributed by atoms with Crippen LogP contribution in [0.1, 0.15) is 5.82 Å². The Bertz CT molecular complexity index is 307. The third-order valence-electron chi connectivity index (χ3n) is 1.42. The maximum atomic E-state index is 10.3. The summed E-state index contributed by atoms with van der Waals surface area (Å²) in [5, 5.41) is 10.3. The van der Waals surface area contributed by atoms with Gasteiger partial charge < -0.3 is 10.1 Å². The molecule has 5 nitrogen and oxygen atoms in total. The molecule has 0 amide bonds. The largest absolute Gasteiger partial charge is 0.361 e. The molecule has 0 saturated heterocycles. The maximum absolute atomic E-state index is 10.3. The number of aryl methyl sites for hydroxylation is 1. The molecule has 0 spiro atoms. The molecular weight excluding hydrogens is 170 g/mol. The lowest BCUT2D eigenvalue weighted by Gasteiger charge is -1.93. The Morgan fingerprint density at radius 3 is 2.45 bits per heavy atom. The molecule has 60 valence electrons. The van der Waals surface area contributed by atoms with Crippen LogP contribution in [0.15, 0.2) is 0 Å². The third kappa shape index (κ3) is 1.19. The van der Waals surface area contributed by atoms with Gasteiger partial charge in [-0.25, -0.2) is 4.57 Å². The highest BCUT2D eigenvalue weighted by molar-refractivity contribution is 6.31. The fourth-order valence-electron chi connectivity index (χ4n) is 0.757. The van der Waals surface area contributed by atoms with E-state index in [2.05, 4.69) is 4.98 Å². The van der Waals surface area contributed by atoms with E-state index in [-0.39, 0.29) is 11.0 Å². The number of halogens is 1. The van der Waals surface area contributed by atoms with Gasteiger partial charge in [-0.05, 0) is 4.92 Å². The predicted octanol–water partition coefficient (Wildman–Crippen LogP) is 1.29. The predicted molar refractivity (Wildman–Crippen MR) is 39.6 cm³/mol. The van der Waals surface area contributed by atoms with Gasteiger partial charge in [0.1, 0.15) is 0 Å². The van der Waals surface area contributed by atoms with Gasteiger partial charge in [0.15, 0.2) is 5.82 Å².